The first-order valence-electron chi connectivity index (χ1n) is 3.98. The van der Waals surface area contributed by atoms with Gasteiger partial charge < -0.3 is 0 Å². The maximum Gasteiger partial charge on any atom is 0.0784 e. The van der Waals surface area contributed by atoms with Gasteiger partial charge in [0.05, 0.1) is 5.69 Å². The molecule has 0 atom stereocenters. The van der Waals surface area contributed by atoms with Crippen molar-refractivity contribution in [2.24, 2.45) is 5.92 Å². The fourth-order valence-electron chi connectivity index (χ4n) is 0.905. The summed E-state index contributed by atoms with van der Waals surface area (Å²) in [6.45, 7) is 6.55. The number of hydrogen-bond acceptors (Lipinski definition) is 3. The lowest BCUT2D eigenvalue weighted by molar-refractivity contribution is 0.580. The monoisotopic (exact) mass is 170 g/mol. The zero-order valence-electron chi connectivity index (χ0n) is 7.29. The van der Waals surface area contributed by atoms with Crippen LogP contribution in [0.5, 0.6) is 0 Å². The molecule has 0 aliphatic heterocycles. The van der Waals surface area contributed by atoms with Gasteiger partial charge in [-0.15, -0.1) is 5.10 Å². The standard InChI is InChI=1S/C8H14N2S/c1-6(2)4-5-8-7(3)11-10-9-8/h6H,4-5H2,1-3H3. The molecule has 1 aromatic rings. The van der Waals surface area contributed by atoms with E-state index in [-0.39, 0.29) is 0 Å². The summed E-state index contributed by atoms with van der Waals surface area (Å²) in [7, 11) is 0. The Kier molecular flexibility index (Phi) is 3.00. The molecule has 0 amide bonds. The molecule has 0 bridgehead atoms. The van der Waals surface area contributed by atoms with Gasteiger partial charge >= 0.3 is 0 Å². The van der Waals surface area contributed by atoms with Gasteiger partial charge in [0.2, 0.25) is 0 Å². The highest BCUT2D eigenvalue weighted by molar-refractivity contribution is 7.05. The minimum Gasteiger partial charge on any atom is -0.143 e. The van der Waals surface area contributed by atoms with E-state index in [1.54, 1.807) is 0 Å². The number of rotatable bonds is 3. The van der Waals surface area contributed by atoms with Crippen molar-refractivity contribution in [3.63, 3.8) is 0 Å². The summed E-state index contributed by atoms with van der Waals surface area (Å²) in [6.07, 6.45) is 2.30. The van der Waals surface area contributed by atoms with Crippen molar-refractivity contribution in [3.8, 4) is 0 Å². The molecule has 0 saturated carbocycles. The van der Waals surface area contributed by atoms with Crippen LogP contribution < -0.4 is 0 Å². The van der Waals surface area contributed by atoms with E-state index in [0.29, 0.717) is 0 Å². The van der Waals surface area contributed by atoms with Gasteiger partial charge in [0.25, 0.3) is 0 Å². The van der Waals surface area contributed by atoms with Crippen molar-refractivity contribution in [1.82, 2.24) is 9.59 Å². The molecule has 0 aliphatic rings. The molecule has 0 N–H and O–H groups in total. The zero-order valence-corrected chi connectivity index (χ0v) is 8.11. The van der Waals surface area contributed by atoms with E-state index in [1.165, 1.54) is 28.5 Å². The molecule has 0 aliphatic carbocycles. The Balaban J connectivity index is 2.44. The highest BCUT2D eigenvalue weighted by Crippen LogP contribution is 2.12. The maximum atomic E-state index is 4.06. The van der Waals surface area contributed by atoms with E-state index >= 15 is 0 Å². The molecule has 0 spiro atoms. The van der Waals surface area contributed by atoms with Crippen LogP contribution in [0, 0.1) is 12.8 Å². The van der Waals surface area contributed by atoms with Gasteiger partial charge in [-0.05, 0) is 37.2 Å². The van der Waals surface area contributed by atoms with E-state index in [1.807, 2.05) is 0 Å². The fourth-order valence-corrected chi connectivity index (χ4v) is 1.42. The molecule has 2 nitrogen and oxygen atoms in total. The highest BCUT2D eigenvalue weighted by Gasteiger charge is 2.03. The van der Waals surface area contributed by atoms with E-state index in [2.05, 4.69) is 30.4 Å². The number of nitrogens with zero attached hydrogens (tertiary/aromatic N) is 2. The van der Waals surface area contributed by atoms with Crippen LogP contribution in [0.1, 0.15) is 30.8 Å². The van der Waals surface area contributed by atoms with Gasteiger partial charge in [0.15, 0.2) is 0 Å². The Morgan fingerprint density at radius 3 is 2.64 bits per heavy atom. The predicted octanol–water partition coefficient (Wildman–Crippen LogP) is 2.44. The van der Waals surface area contributed by atoms with Crippen molar-refractivity contribution in [2.75, 3.05) is 0 Å². The largest absolute Gasteiger partial charge is 0.143 e. The first-order chi connectivity index (χ1) is 5.20. The zero-order chi connectivity index (χ0) is 8.27. The van der Waals surface area contributed by atoms with Crippen LogP contribution in [0.15, 0.2) is 0 Å². The Labute approximate surface area is 71.8 Å². The molecule has 11 heavy (non-hydrogen) atoms. The van der Waals surface area contributed by atoms with Crippen LogP contribution in [0.25, 0.3) is 0 Å². The number of aromatic nitrogens is 2. The molecule has 1 rings (SSSR count). The van der Waals surface area contributed by atoms with E-state index in [9.17, 15) is 0 Å². The number of aryl methyl sites for hydroxylation is 2. The average molecular weight is 170 g/mol. The lowest BCUT2D eigenvalue weighted by Crippen LogP contribution is -1.93. The molecule has 0 radical (unpaired) electrons. The molecule has 3 heteroatoms. The van der Waals surface area contributed by atoms with Crippen LogP contribution in [0.2, 0.25) is 0 Å². The lowest BCUT2D eigenvalue weighted by Gasteiger charge is -2.00. The van der Waals surface area contributed by atoms with Crippen molar-refractivity contribution >= 4 is 11.5 Å². The van der Waals surface area contributed by atoms with Gasteiger partial charge in [-0.3, -0.25) is 0 Å². The van der Waals surface area contributed by atoms with Gasteiger partial charge in [0, 0.05) is 4.88 Å². The average Bonchev–Trinajstić information content (AvgIpc) is 2.31. The normalized spacial score (nSPS) is 10.9. The van der Waals surface area contributed by atoms with Crippen molar-refractivity contribution in [1.29, 1.82) is 0 Å². The Morgan fingerprint density at radius 2 is 2.18 bits per heavy atom. The third kappa shape index (κ3) is 2.58. The van der Waals surface area contributed by atoms with E-state index in [4.69, 9.17) is 0 Å². The van der Waals surface area contributed by atoms with Crippen LogP contribution in [0.4, 0.5) is 0 Å². The summed E-state index contributed by atoms with van der Waals surface area (Å²) >= 11 is 1.49. The molecule has 62 valence electrons. The number of hydrogen-bond donors (Lipinski definition) is 0. The smallest absolute Gasteiger partial charge is 0.0784 e. The van der Waals surface area contributed by atoms with Crippen LogP contribution >= 0.6 is 11.5 Å². The fraction of sp³-hybridized carbons (Fsp3) is 0.750. The SMILES string of the molecule is Cc1snnc1CCC(C)C. The predicted molar refractivity (Wildman–Crippen MR) is 47.8 cm³/mol. The molecule has 0 saturated heterocycles. The first kappa shape index (κ1) is 8.65. The Hall–Kier alpha value is -0.440. The third-order valence-corrected chi connectivity index (χ3v) is 2.38. The van der Waals surface area contributed by atoms with Crippen molar-refractivity contribution in [2.45, 2.75) is 33.6 Å². The molecular weight excluding hydrogens is 156 g/mol. The van der Waals surface area contributed by atoms with E-state index < -0.39 is 0 Å². The second-order valence-electron chi connectivity index (χ2n) is 3.21. The molecule has 1 aromatic heterocycles. The minimum absolute atomic E-state index is 0.760. The second-order valence-corrected chi connectivity index (χ2v) is 4.17. The van der Waals surface area contributed by atoms with Crippen LogP contribution in [-0.4, -0.2) is 9.59 Å². The summed E-state index contributed by atoms with van der Waals surface area (Å²) < 4.78 is 3.89. The van der Waals surface area contributed by atoms with Crippen LogP contribution in [0.3, 0.4) is 0 Å². The van der Waals surface area contributed by atoms with Gasteiger partial charge in [-0.1, -0.05) is 18.3 Å². The van der Waals surface area contributed by atoms with E-state index in [0.717, 1.165) is 12.3 Å². The highest BCUT2D eigenvalue weighted by atomic mass is 32.1. The van der Waals surface area contributed by atoms with Crippen molar-refractivity contribution < 1.29 is 0 Å². The molecule has 0 aromatic carbocycles. The summed E-state index contributed by atoms with van der Waals surface area (Å²) in [5.41, 5.74) is 1.18. The summed E-state index contributed by atoms with van der Waals surface area (Å²) in [5.74, 6) is 0.760. The van der Waals surface area contributed by atoms with Crippen LogP contribution in [-0.2, 0) is 6.42 Å². The van der Waals surface area contributed by atoms with Gasteiger partial charge in [0.1, 0.15) is 0 Å². The Morgan fingerprint density at radius 1 is 1.45 bits per heavy atom. The van der Waals surface area contributed by atoms with Crippen molar-refractivity contribution in [3.05, 3.63) is 10.6 Å². The quantitative estimate of drug-likeness (QED) is 0.696. The Bertz CT molecular complexity index is 218. The minimum atomic E-state index is 0.760. The molecular formula is C8H14N2S. The topological polar surface area (TPSA) is 25.8 Å². The first-order valence-corrected chi connectivity index (χ1v) is 4.75. The molecule has 0 unspecified atom stereocenters. The second kappa shape index (κ2) is 3.81. The van der Waals surface area contributed by atoms with Gasteiger partial charge in [-0.2, -0.15) is 0 Å². The molecule has 1 heterocycles. The summed E-state index contributed by atoms with van der Waals surface area (Å²) in [4.78, 5) is 1.27. The lowest BCUT2D eigenvalue weighted by atomic mass is 10.1. The maximum absolute atomic E-state index is 4.06. The van der Waals surface area contributed by atoms with Gasteiger partial charge in [-0.25, -0.2) is 0 Å². The summed E-state index contributed by atoms with van der Waals surface area (Å²) in [6, 6.07) is 0. The summed E-state index contributed by atoms with van der Waals surface area (Å²) in [5, 5.41) is 4.06. The third-order valence-electron chi connectivity index (χ3n) is 1.70. The molecule has 0 fully saturated rings.